The minimum Gasteiger partial charge on any atom is -0.310 e. The summed E-state index contributed by atoms with van der Waals surface area (Å²) >= 11 is 3.30. The second-order valence-electron chi connectivity index (χ2n) is 4.97. The maximum atomic E-state index is 12.1. The summed E-state index contributed by atoms with van der Waals surface area (Å²) in [7, 11) is 0. The summed E-state index contributed by atoms with van der Waals surface area (Å²) in [5.74, 6) is 2.35. The van der Waals surface area contributed by atoms with Crippen LogP contribution in [0.1, 0.15) is 25.7 Å². The van der Waals surface area contributed by atoms with E-state index in [2.05, 4.69) is 26.2 Å². The maximum Gasteiger partial charge on any atom is 0.229 e. The molecule has 3 nitrogen and oxygen atoms in total. The van der Waals surface area contributed by atoms with E-state index >= 15 is 0 Å². The molecule has 2 saturated carbocycles. The fraction of sp³-hybridized carbons (Fsp3) is 0.538. The average Bonchev–Trinajstić information content (AvgIpc) is 3.03. The Balaban J connectivity index is 1.64. The van der Waals surface area contributed by atoms with Crippen LogP contribution in [0.25, 0.3) is 0 Å². The Bertz CT molecular complexity index is 437. The third-order valence-corrected chi connectivity index (χ3v) is 4.37. The fourth-order valence-electron chi connectivity index (χ4n) is 3.07. The van der Waals surface area contributed by atoms with Crippen LogP contribution in [-0.4, -0.2) is 10.9 Å². The molecule has 0 aromatic carbocycles. The number of halogens is 1. The van der Waals surface area contributed by atoms with Crippen molar-refractivity contribution in [3.05, 3.63) is 22.8 Å². The van der Waals surface area contributed by atoms with Gasteiger partial charge in [-0.05, 0) is 52.7 Å². The SMILES string of the molecule is O=C(Nc1cccc(Br)n1)C1C2CCCCC21. The summed E-state index contributed by atoms with van der Waals surface area (Å²) in [4.78, 5) is 16.3. The van der Waals surface area contributed by atoms with E-state index in [-0.39, 0.29) is 11.8 Å². The Morgan fingerprint density at radius 2 is 2.00 bits per heavy atom. The molecule has 4 heteroatoms. The van der Waals surface area contributed by atoms with Gasteiger partial charge in [-0.25, -0.2) is 4.98 Å². The Morgan fingerprint density at radius 1 is 1.29 bits per heavy atom. The van der Waals surface area contributed by atoms with E-state index in [1.165, 1.54) is 25.7 Å². The number of pyridine rings is 1. The fourth-order valence-corrected chi connectivity index (χ4v) is 3.41. The minimum atomic E-state index is 0.160. The molecule has 2 atom stereocenters. The molecular formula is C13H15BrN2O. The lowest BCUT2D eigenvalue weighted by Crippen LogP contribution is -2.16. The zero-order chi connectivity index (χ0) is 11.8. The molecule has 1 aromatic rings. The number of fused-ring (bicyclic) bond motifs is 1. The van der Waals surface area contributed by atoms with Crippen LogP contribution in [0.4, 0.5) is 5.82 Å². The van der Waals surface area contributed by atoms with E-state index in [4.69, 9.17) is 0 Å². The number of aromatic nitrogens is 1. The Kier molecular flexibility index (Phi) is 2.90. The monoisotopic (exact) mass is 294 g/mol. The molecule has 2 fully saturated rings. The molecule has 1 amide bonds. The summed E-state index contributed by atoms with van der Waals surface area (Å²) in [5.41, 5.74) is 0. The molecule has 0 radical (unpaired) electrons. The predicted octanol–water partition coefficient (Wildman–Crippen LogP) is 3.22. The molecule has 1 heterocycles. The summed E-state index contributed by atoms with van der Waals surface area (Å²) in [6, 6.07) is 5.56. The Morgan fingerprint density at radius 3 is 2.65 bits per heavy atom. The van der Waals surface area contributed by atoms with Gasteiger partial charge >= 0.3 is 0 Å². The third kappa shape index (κ3) is 2.23. The first kappa shape index (κ1) is 11.2. The highest BCUT2D eigenvalue weighted by molar-refractivity contribution is 9.10. The average molecular weight is 295 g/mol. The predicted molar refractivity (Wildman–Crippen MR) is 69.5 cm³/mol. The highest BCUT2D eigenvalue weighted by atomic mass is 79.9. The van der Waals surface area contributed by atoms with Crippen molar-refractivity contribution in [1.29, 1.82) is 0 Å². The zero-order valence-electron chi connectivity index (χ0n) is 9.53. The largest absolute Gasteiger partial charge is 0.310 e. The summed E-state index contributed by atoms with van der Waals surface area (Å²) in [6.07, 6.45) is 5.05. The van der Waals surface area contributed by atoms with Crippen molar-refractivity contribution in [1.82, 2.24) is 4.98 Å². The van der Waals surface area contributed by atoms with Gasteiger partial charge in [-0.3, -0.25) is 4.79 Å². The van der Waals surface area contributed by atoms with Crippen molar-refractivity contribution in [3.8, 4) is 0 Å². The number of hydrogen-bond donors (Lipinski definition) is 1. The van der Waals surface area contributed by atoms with Crippen LogP contribution in [0.15, 0.2) is 22.8 Å². The molecule has 2 unspecified atom stereocenters. The van der Waals surface area contributed by atoms with Gasteiger partial charge in [0.15, 0.2) is 0 Å². The molecule has 90 valence electrons. The second kappa shape index (κ2) is 4.41. The molecule has 1 aromatic heterocycles. The van der Waals surface area contributed by atoms with Crippen molar-refractivity contribution < 1.29 is 4.79 Å². The highest BCUT2D eigenvalue weighted by Crippen LogP contribution is 2.55. The normalized spacial score (nSPS) is 30.5. The third-order valence-electron chi connectivity index (χ3n) is 3.93. The van der Waals surface area contributed by atoms with Gasteiger partial charge in [0.2, 0.25) is 5.91 Å². The van der Waals surface area contributed by atoms with Crippen molar-refractivity contribution >= 4 is 27.7 Å². The number of nitrogens with one attached hydrogen (secondary N) is 1. The van der Waals surface area contributed by atoms with Gasteiger partial charge in [0.05, 0.1) is 0 Å². The van der Waals surface area contributed by atoms with Crippen molar-refractivity contribution in [2.75, 3.05) is 5.32 Å². The topological polar surface area (TPSA) is 42.0 Å². The van der Waals surface area contributed by atoms with Crippen LogP contribution in [0.2, 0.25) is 0 Å². The number of rotatable bonds is 2. The maximum absolute atomic E-state index is 12.1. The van der Waals surface area contributed by atoms with Crippen LogP contribution in [0, 0.1) is 17.8 Å². The van der Waals surface area contributed by atoms with Gasteiger partial charge in [-0.2, -0.15) is 0 Å². The molecule has 1 N–H and O–H groups in total. The summed E-state index contributed by atoms with van der Waals surface area (Å²) in [5, 5.41) is 2.92. The molecule has 3 rings (SSSR count). The van der Waals surface area contributed by atoms with E-state index < -0.39 is 0 Å². The number of amides is 1. The zero-order valence-corrected chi connectivity index (χ0v) is 11.1. The number of hydrogen-bond acceptors (Lipinski definition) is 2. The van der Waals surface area contributed by atoms with Crippen LogP contribution < -0.4 is 5.32 Å². The first-order valence-electron chi connectivity index (χ1n) is 6.19. The Labute approximate surface area is 109 Å². The molecule has 2 aliphatic carbocycles. The minimum absolute atomic E-state index is 0.160. The van der Waals surface area contributed by atoms with Crippen molar-refractivity contribution in [3.63, 3.8) is 0 Å². The van der Waals surface area contributed by atoms with E-state index in [1.807, 2.05) is 18.2 Å². The number of carbonyl (C=O) groups is 1. The molecular weight excluding hydrogens is 280 g/mol. The van der Waals surface area contributed by atoms with E-state index in [0.29, 0.717) is 17.7 Å². The lowest BCUT2D eigenvalue weighted by molar-refractivity contribution is -0.117. The Hall–Kier alpha value is -0.900. The van der Waals surface area contributed by atoms with E-state index in [1.54, 1.807) is 0 Å². The lowest BCUT2D eigenvalue weighted by Gasteiger charge is -2.04. The number of carbonyl (C=O) groups excluding carboxylic acids is 1. The van der Waals surface area contributed by atoms with Gasteiger partial charge in [0, 0.05) is 5.92 Å². The van der Waals surface area contributed by atoms with Gasteiger partial charge in [-0.15, -0.1) is 0 Å². The highest BCUT2D eigenvalue weighted by Gasteiger charge is 2.54. The van der Waals surface area contributed by atoms with E-state index in [0.717, 1.165) is 4.60 Å². The number of nitrogens with zero attached hydrogens (tertiary/aromatic N) is 1. The van der Waals surface area contributed by atoms with Crippen LogP contribution >= 0.6 is 15.9 Å². The first-order valence-corrected chi connectivity index (χ1v) is 6.98. The smallest absolute Gasteiger partial charge is 0.229 e. The van der Waals surface area contributed by atoms with Gasteiger partial charge < -0.3 is 5.32 Å². The molecule has 17 heavy (non-hydrogen) atoms. The van der Waals surface area contributed by atoms with Crippen LogP contribution in [-0.2, 0) is 4.79 Å². The van der Waals surface area contributed by atoms with Crippen LogP contribution in [0.3, 0.4) is 0 Å². The van der Waals surface area contributed by atoms with E-state index in [9.17, 15) is 4.79 Å². The molecule has 2 aliphatic rings. The summed E-state index contributed by atoms with van der Waals surface area (Å²) in [6.45, 7) is 0. The molecule has 0 saturated heterocycles. The summed E-state index contributed by atoms with van der Waals surface area (Å²) < 4.78 is 0.753. The first-order chi connectivity index (χ1) is 8.25. The quantitative estimate of drug-likeness (QED) is 0.851. The second-order valence-corrected chi connectivity index (χ2v) is 5.79. The van der Waals surface area contributed by atoms with Crippen molar-refractivity contribution in [2.45, 2.75) is 25.7 Å². The van der Waals surface area contributed by atoms with Gasteiger partial charge in [0.25, 0.3) is 0 Å². The standard InChI is InChI=1S/C13H15BrN2O/c14-10-6-3-7-11(15-10)16-13(17)12-8-4-1-2-5-9(8)12/h3,6-9,12H,1-2,4-5H2,(H,15,16,17). The lowest BCUT2D eigenvalue weighted by atomic mass is 10.0. The molecule has 0 aliphatic heterocycles. The molecule has 0 bridgehead atoms. The van der Waals surface area contributed by atoms with Gasteiger partial charge in [0.1, 0.15) is 10.4 Å². The van der Waals surface area contributed by atoms with Crippen molar-refractivity contribution in [2.24, 2.45) is 17.8 Å². The van der Waals surface area contributed by atoms with Crippen LogP contribution in [0.5, 0.6) is 0 Å². The number of anilines is 1. The van der Waals surface area contributed by atoms with Gasteiger partial charge in [-0.1, -0.05) is 18.9 Å². The molecule has 0 spiro atoms.